The molecular weight excluding hydrogens is 468 g/mol. The van der Waals surface area contributed by atoms with Crippen LogP contribution in [-0.2, 0) is 4.74 Å². The van der Waals surface area contributed by atoms with E-state index in [1.165, 1.54) is 7.11 Å². The van der Waals surface area contributed by atoms with Gasteiger partial charge in [0.25, 0.3) is 0 Å². The van der Waals surface area contributed by atoms with Gasteiger partial charge in [-0.2, -0.15) is 0 Å². The van der Waals surface area contributed by atoms with Crippen molar-refractivity contribution in [3.8, 4) is 11.4 Å². The summed E-state index contributed by atoms with van der Waals surface area (Å²) >= 11 is 0. The van der Waals surface area contributed by atoms with Crippen molar-refractivity contribution >= 4 is 33.7 Å². The van der Waals surface area contributed by atoms with Gasteiger partial charge < -0.3 is 19.0 Å². The van der Waals surface area contributed by atoms with Gasteiger partial charge in [0.1, 0.15) is 0 Å². The van der Waals surface area contributed by atoms with Gasteiger partial charge in [0.05, 0.1) is 29.3 Å². The molecule has 0 saturated heterocycles. The Bertz CT molecular complexity index is 1710. The lowest BCUT2D eigenvalue weighted by atomic mass is 10.2. The highest BCUT2D eigenvalue weighted by Gasteiger charge is 2.16. The first kappa shape index (κ1) is 23.5. The van der Waals surface area contributed by atoms with Gasteiger partial charge in [-0.25, -0.2) is 9.59 Å². The second-order valence-electron chi connectivity index (χ2n) is 8.07. The highest BCUT2D eigenvalue weighted by molar-refractivity contribution is 6.05. The molecule has 8 heteroatoms. The van der Waals surface area contributed by atoms with E-state index in [0.29, 0.717) is 11.1 Å². The molecule has 2 aromatic carbocycles. The molecule has 0 amide bonds. The number of nitrogens with zero attached hydrogens (tertiary/aromatic N) is 4. The summed E-state index contributed by atoms with van der Waals surface area (Å²) in [5, 5.41) is 10.8. The molecule has 37 heavy (non-hydrogen) atoms. The Labute approximate surface area is 212 Å². The monoisotopic (exact) mass is 490 g/mol. The molecule has 0 aliphatic heterocycles. The van der Waals surface area contributed by atoms with Crippen molar-refractivity contribution < 1.29 is 19.4 Å². The van der Waals surface area contributed by atoms with Crippen LogP contribution in [0.1, 0.15) is 20.7 Å². The van der Waals surface area contributed by atoms with Gasteiger partial charge in [-0.1, -0.05) is 36.4 Å². The minimum Gasteiger partial charge on any atom is -0.478 e. The normalized spacial score (nSPS) is 10.6. The number of para-hydroxylation sites is 2. The Morgan fingerprint density at radius 3 is 1.57 bits per heavy atom. The Kier molecular flexibility index (Phi) is 6.46. The fourth-order valence-corrected chi connectivity index (χ4v) is 4.24. The van der Waals surface area contributed by atoms with Crippen molar-refractivity contribution in [1.82, 2.24) is 19.1 Å². The number of carboxylic acids is 1. The Hall–Kier alpha value is -5.24. The van der Waals surface area contributed by atoms with Crippen LogP contribution in [0.3, 0.4) is 0 Å². The van der Waals surface area contributed by atoms with Gasteiger partial charge in [0, 0.05) is 59.3 Å². The number of carboxylic acid groups (broad SMARTS) is 1. The summed E-state index contributed by atoms with van der Waals surface area (Å²) in [6.07, 6.45) is 10.3. The second-order valence-corrected chi connectivity index (χ2v) is 8.07. The summed E-state index contributed by atoms with van der Waals surface area (Å²) in [5.74, 6) is -1.25. The molecule has 4 heterocycles. The van der Waals surface area contributed by atoms with Crippen LogP contribution in [0.2, 0.25) is 0 Å². The van der Waals surface area contributed by atoms with Crippen molar-refractivity contribution in [1.29, 1.82) is 0 Å². The number of rotatable bonds is 4. The maximum atomic E-state index is 11.8. The van der Waals surface area contributed by atoms with Crippen molar-refractivity contribution in [3.05, 3.63) is 121 Å². The lowest BCUT2D eigenvalue weighted by Gasteiger charge is -2.03. The third kappa shape index (κ3) is 4.55. The molecule has 0 radical (unpaired) electrons. The first-order chi connectivity index (χ1) is 18.1. The maximum absolute atomic E-state index is 11.8. The standard InChI is InChI=1S/C15H12N2O2.C14H10N2O2/c1-19-15(18)13-10-17(11-6-8-16-9-7-11)14-5-3-2-4-12(13)14;17-14(18)12-9-16(10-5-7-15-8-6-10)13-4-2-1-3-11(12)13/h2-10H,1H3;1-9H,(H,17,18). The van der Waals surface area contributed by atoms with E-state index in [-0.39, 0.29) is 5.97 Å². The first-order valence-electron chi connectivity index (χ1n) is 11.4. The smallest absolute Gasteiger partial charge is 0.340 e. The summed E-state index contributed by atoms with van der Waals surface area (Å²) < 4.78 is 8.65. The SMILES string of the molecule is COC(=O)c1cn(-c2ccncc2)c2ccccc12.O=C(O)c1cn(-c2ccncc2)c2ccccc12. The Balaban J connectivity index is 0.000000152. The third-order valence-electron chi connectivity index (χ3n) is 5.94. The van der Waals surface area contributed by atoms with E-state index in [9.17, 15) is 14.7 Å². The molecule has 0 bridgehead atoms. The number of fused-ring (bicyclic) bond motifs is 2. The molecule has 0 fully saturated rings. The van der Waals surface area contributed by atoms with Crippen molar-refractivity contribution in [2.45, 2.75) is 0 Å². The van der Waals surface area contributed by atoms with Crippen molar-refractivity contribution in [3.63, 3.8) is 0 Å². The number of aromatic carboxylic acids is 1. The number of aromatic nitrogens is 4. The summed E-state index contributed by atoms with van der Waals surface area (Å²) in [6.45, 7) is 0. The van der Waals surface area contributed by atoms with Crippen LogP contribution >= 0.6 is 0 Å². The number of esters is 1. The highest BCUT2D eigenvalue weighted by Crippen LogP contribution is 2.26. The molecule has 1 N–H and O–H groups in total. The Morgan fingerprint density at radius 2 is 1.11 bits per heavy atom. The number of ether oxygens (including phenoxy) is 1. The average Bonchev–Trinajstić information content (AvgIpc) is 3.54. The zero-order chi connectivity index (χ0) is 25.8. The minimum absolute atomic E-state index is 0.308. The van der Waals surface area contributed by atoms with E-state index in [1.807, 2.05) is 81.9 Å². The molecule has 182 valence electrons. The van der Waals surface area contributed by atoms with E-state index in [0.717, 1.165) is 33.2 Å². The van der Waals surface area contributed by atoms with Gasteiger partial charge in [-0.05, 0) is 36.4 Å². The van der Waals surface area contributed by atoms with E-state index >= 15 is 0 Å². The van der Waals surface area contributed by atoms with Crippen molar-refractivity contribution in [2.75, 3.05) is 7.11 Å². The molecule has 6 rings (SSSR count). The zero-order valence-corrected chi connectivity index (χ0v) is 19.9. The van der Waals surface area contributed by atoms with Crippen LogP contribution in [-0.4, -0.2) is 43.3 Å². The van der Waals surface area contributed by atoms with Crippen LogP contribution in [0, 0.1) is 0 Å². The number of hydrogen-bond donors (Lipinski definition) is 1. The molecule has 0 aliphatic carbocycles. The highest BCUT2D eigenvalue weighted by atomic mass is 16.5. The van der Waals surface area contributed by atoms with E-state index in [2.05, 4.69) is 9.97 Å². The van der Waals surface area contributed by atoms with Gasteiger partial charge >= 0.3 is 11.9 Å². The molecule has 0 unspecified atom stereocenters. The zero-order valence-electron chi connectivity index (χ0n) is 19.9. The fourth-order valence-electron chi connectivity index (χ4n) is 4.24. The van der Waals surface area contributed by atoms with Crippen LogP contribution < -0.4 is 0 Å². The minimum atomic E-state index is -0.918. The lowest BCUT2D eigenvalue weighted by molar-refractivity contribution is 0.0602. The van der Waals surface area contributed by atoms with Gasteiger partial charge in [-0.3, -0.25) is 9.97 Å². The summed E-state index contributed by atoms with van der Waals surface area (Å²) in [5.41, 5.74) is 4.57. The summed E-state index contributed by atoms with van der Waals surface area (Å²) in [4.78, 5) is 31.0. The molecule has 6 aromatic rings. The number of methoxy groups -OCH3 is 1. The molecule has 0 aliphatic rings. The molecule has 4 aromatic heterocycles. The van der Waals surface area contributed by atoms with Crippen LogP contribution in [0.15, 0.2) is 110 Å². The fraction of sp³-hybridized carbons (Fsp3) is 0.0345. The van der Waals surface area contributed by atoms with Gasteiger partial charge in [0.2, 0.25) is 0 Å². The molecule has 0 spiro atoms. The Morgan fingerprint density at radius 1 is 0.676 bits per heavy atom. The van der Waals surface area contributed by atoms with E-state index in [4.69, 9.17) is 4.74 Å². The maximum Gasteiger partial charge on any atom is 0.340 e. The third-order valence-corrected chi connectivity index (χ3v) is 5.94. The number of hydrogen-bond acceptors (Lipinski definition) is 5. The molecule has 8 nitrogen and oxygen atoms in total. The predicted octanol–water partition coefficient (Wildman–Crippen LogP) is 5.54. The topological polar surface area (TPSA) is 99.2 Å². The van der Waals surface area contributed by atoms with Gasteiger partial charge in [0.15, 0.2) is 0 Å². The van der Waals surface area contributed by atoms with E-state index < -0.39 is 5.97 Å². The summed E-state index contributed by atoms with van der Waals surface area (Å²) in [6, 6.07) is 22.7. The lowest BCUT2D eigenvalue weighted by Crippen LogP contribution is -1.99. The number of benzene rings is 2. The molecular formula is C29H22N4O4. The average molecular weight is 491 g/mol. The predicted molar refractivity (Wildman–Crippen MR) is 140 cm³/mol. The van der Waals surface area contributed by atoms with Crippen molar-refractivity contribution in [2.24, 2.45) is 0 Å². The van der Waals surface area contributed by atoms with Crippen LogP contribution in [0.4, 0.5) is 0 Å². The van der Waals surface area contributed by atoms with Gasteiger partial charge in [-0.15, -0.1) is 0 Å². The number of pyridine rings is 2. The number of carbonyl (C=O) groups excluding carboxylic acids is 1. The second kappa shape index (κ2) is 10.2. The largest absolute Gasteiger partial charge is 0.478 e. The first-order valence-corrected chi connectivity index (χ1v) is 11.4. The molecule has 0 saturated carbocycles. The number of carbonyl (C=O) groups is 2. The van der Waals surface area contributed by atoms with Crippen LogP contribution in [0.25, 0.3) is 33.2 Å². The quantitative estimate of drug-likeness (QED) is 0.326. The van der Waals surface area contributed by atoms with Crippen LogP contribution in [0.5, 0.6) is 0 Å². The molecule has 0 atom stereocenters. The van der Waals surface area contributed by atoms with E-state index in [1.54, 1.807) is 37.2 Å². The summed E-state index contributed by atoms with van der Waals surface area (Å²) in [7, 11) is 1.39.